The predicted octanol–water partition coefficient (Wildman–Crippen LogP) is 2.56. The molecule has 0 saturated carbocycles. The number of piperazine rings is 1. The van der Waals surface area contributed by atoms with Crippen molar-refractivity contribution in [1.29, 1.82) is 0 Å². The minimum absolute atomic E-state index is 0.0178. The van der Waals surface area contributed by atoms with Crippen LogP contribution in [-0.2, 0) is 15.8 Å². The highest BCUT2D eigenvalue weighted by Gasteiger charge is 2.31. The van der Waals surface area contributed by atoms with Crippen LogP contribution in [0.2, 0.25) is 0 Å². The molecule has 0 spiro atoms. The van der Waals surface area contributed by atoms with Gasteiger partial charge >= 0.3 is 6.18 Å². The fraction of sp³-hybridized carbons (Fsp3) is 0.579. The normalized spacial score (nSPS) is 17.1. The van der Waals surface area contributed by atoms with E-state index in [4.69, 9.17) is 0 Å². The number of hydrogen-bond donors (Lipinski definition) is 1. The zero-order valence-electron chi connectivity index (χ0n) is 15.8. The fourth-order valence-corrected chi connectivity index (χ4v) is 3.20. The molecular formula is C19H26F3N3O2. The molecule has 1 fully saturated rings. The molecule has 1 aromatic rings. The van der Waals surface area contributed by atoms with Crippen LogP contribution < -0.4 is 10.2 Å². The zero-order chi connectivity index (χ0) is 20.2. The second-order valence-electron chi connectivity index (χ2n) is 7.21. The second kappa shape index (κ2) is 8.73. The summed E-state index contributed by atoms with van der Waals surface area (Å²) in [5.74, 6) is -0.270. The lowest BCUT2D eigenvalue weighted by atomic mass is 10.0. The minimum atomic E-state index is -4.36. The van der Waals surface area contributed by atoms with Crippen LogP contribution in [0, 0.1) is 5.92 Å². The lowest BCUT2D eigenvalue weighted by Crippen LogP contribution is -2.52. The third kappa shape index (κ3) is 5.95. The molecular weight excluding hydrogens is 359 g/mol. The molecule has 0 bridgehead atoms. The first kappa shape index (κ1) is 21.2. The molecule has 150 valence electrons. The van der Waals surface area contributed by atoms with Crippen molar-refractivity contribution in [3.05, 3.63) is 29.8 Å². The number of Topliss-reactive ketones (excluding diaryl/α,β-unsaturated/α-hetero) is 1. The molecule has 1 saturated heterocycles. The number of anilines is 1. The van der Waals surface area contributed by atoms with Crippen LogP contribution in [0.25, 0.3) is 0 Å². The van der Waals surface area contributed by atoms with Crippen LogP contribution in [0.5, 0.6) is 0 Å². The summed E-state index contributed by atoms with van der Waals surface area (Å²) < 4.78 is 38.6. The zero-order valence-corrected chi connectivity index (χ0v) is 15.8. The fourth-order valence-electron chi connectivity index (χ4n) is 3.20. The third-order valence-electron chi connectivity index (χ3n) is 4.70. The van der Waals surface area contributed by atoms with Gasteiger partial charge in [-0.25, -0.2) is 0 Å². The number of halogens is 3. The Balaban J connectivity index is 1.88. The Kier molecular flexibility index (Phi) is 6.86. The quantitative estimate of drug-likeness (QED) is 0.818. The molecule has 27 heavy (non-hydrogen) atoms. The van der Waals surface area contributed by atoms with E-state index in [1.807, 2.05) is 23.6 Å². The summed E-state index contributed by atoms with van der Waals surface area (Å²) in [5.41, 5.74) is -0.129. The van der Waals surface area contributed by atoms with Crippen LogP contribution in [0.4, 0.5) is 18.9 Å². The van der Waals surface area contributed by atoms with Gasteiger partial charge in [-0.3, -0.25) is 14.5 Å². The highest BCUT2D eigenvalue weighted by molar-refractivity contribution is 5.88. The molecule has 1 aromatic carbocycles. The van der Waals surface area contributed by atoms with Crippen LogP contribution in [0.1, 0.15) is 26.3 Å². The topological polar surface area (TPSA) is 52.7 Å². The largest absolute Gasteiger partial charge is 0.416 e. The van der Waals surface area contributed by atoms with Crippen molar-refractivity contribution in [3.63, 3.8) is 0 Å². The van der Waals surface area contributed by atoms with Crippen LogP contribution in [0.3, 0.4) is 0 Å². The van der Waals surface area contributed by atoms with Gasteiger partial charge in [0.15, 0.2) is 5.78 Å². The van der Waals surface area contributed by atoms with E-state index < -0.39 is 17.8 Å². The van der Waals surface area contributed by atoms with Gasteiger partial charge in [0, 0.05) is 31.9 Å². The van der Waals surface area contributed by atoms with Gasteiger partial charge in [0.05, 0.1) is 18.2 Å². The molecule has 0 unspecified atom stereocenters. The number of amides is 1. The van der Waals surface area contributed by atoms with Crippen LogP contribution in [-0.4, -0.2) is 55.4 Å². The number of alkyl halides is 3. The molecule has 1 N–H and O–H groups in total. The first-order valence-electron chi connectivity index (χ1n) is 9.02. The van der Waals surface area contributed by atoms with E-state index in [-0.39, 0.29) is 24.2 Å². The lowest BCUT2D eigenvalue weighted by Gasteiger charge is -2.36. The molecule has 1 atom stereocenters. The standard InChI is InChI=1S/C19H26F3N3O2/c1-13(2)18(14(3)26)23-17(27)12-24-7-9-25(10-8-24)16-6-4-5-15(11-16)19(20,21)22/h4-6,11,13,18H,7-10,12H2,1-3H3,(H,23,27)/t18-/m1/s1. The highest BCUT2D eigenvalue weighted by atomic mass is 19.4. The molecule has 1 amide bonds. The molecule has 2 rings (SSSR count). The summed E-state index contributed by atoms with van der Waals surface area (Å²) in [7, 11) is 0. The van der Waals surface area contributed by atoms with Crippen LogP contribution in [0.15, 0.2) is 24.3 Å². The molecule has 1 aliphatic heterocycles. The van der Waals surface area contributed by atoms with Gasteiger partial charge in [-0.1, -0.05) is 19.9 Å². The number of benzene rings is 1. The molecule has 0 aromatic heterocycles. The first-order valence-corrected chi connectivity index (χ1v) is 9.02. The SMILES string of the molecule is CC(=O)[C@H](NC(=O)CN1CCN(c2cccc(C(F)(F)F)c2)CC1)C(C)C. The van der Waals surface area contributed by atoms with Crippen molar-refractivity contribution in [2.45, 2.75) is 33.0 Å². The van der Waals surface area contributed by atoms with Gasteiger partial charge in [-0.2, -0.15) is 13.2 Å². The monoisotopic (exact) mass is 385 g/mol. The van der Waals surface area contributed by atoms with E-state index in [1.165, 1.54) is 13.0 Å². The maximum atomic E-state index is 12.9. The van der Waals surface area contributed by atoms with Gasteiger partial charge in [0.2, 0.25) is 5.91 Å². The number of nitrogens with zero attached hydrogens (tertiary/aromatic N) is 2. The Labute approximate surface area is 157 Å². The van der Waals surface area contributed by atoms with Gasteiger partial charge in [-0.15, -0.1) is 0 Å². The van der Waals surface area contributed by atoms with E-state index in [9.17, 15) is 22.8 Å². The average molecular weight is 385 g/mol. The molecule has 1 heterocycles. The Morgan fingerprint density at radius 2 is 1.78 bits per heavy atom. The lowest BCUT2D eigenvalue weighted by molar-refractivity contribution is -0.137. The van der Waals surface area contributed by atoms with E-state index in [1.54, 1.807) is 6.07 Å². The molecule has 0 radical (unpaired) electrons. The number of hydrogen-bond acceptors (Lipinski definition) is 4. The van der Waals surface area contributed by atoms with E-state index in [0.717, 1.165) is 12.1 Å². The smallest absolute Gasteiger partial charge is 0.369 e. The van der Waals surface area contributed by atoms with Crippen LogP contribution >= 0.6 is 0 Å². The first-order chi connectivity index (χ1) is 12.6. The number of ketones is 1. The maximum Gasteiger partial charge on any atom is 0.416 e. The Bertz CT molecular complexity index is 668. The Morgan fingerprint density at radius 1 is 1.15 bits per heavy atom. The summed E-state index contributed by atoms with van der Waals surface area (Å²) in [6.07, 6.45) is -4.36. The number of carbonyl (C=O) groups excluding carboxylic acids is 2. The number of carbonyl (C=O) groups is 2. The molecule has 0 aliphatic carbocycles. The third-order valence-corrected chi connectivity index (χ3v) is 4.70. The van der Waals surface area contributed by atoms with Crippen molar-refractivity contribution < 1.29 is 22.8 Å². The van der Waals surface area contributed by atoms with Gasteiger partial charge < -0.3 is 10.2 Å². The minimum Gasteiger partial charge on any atom is -0.369 e. The van der Waals surface area contributed by atoms with Gasteiger partial charge in [0.1, 0.15) is 0 Å². The van der Waals surface area contributed by atoms with Crippen molar-refractivity contribution in [2.75, 3.05) is 37.6 Å². The second-order valence-corrected chi connectivity index (χ2v) is 7.21. The molecule has 8 heteroatoms. The predicted molar refractivity (Wildman–Crippen MR) is 97.5 cm³/mol. The molecule has 5 nitrogen and oxygen atoms in total. The summed E-state index contributed by atoms with van der Waals surface area (Å²) in [4.78, 5) is 27.6. The number of rotatable bonds is 6. The van der Waals surface area contributed by atoms with Gasteiger partial charge in [0.25, 0.3) is 0 Å². The van der Waals surface area contributed by atoms with Gasteiger partial charge in [-0.05, 0) is 31.0 Å². The van der Waals surface area contributed by atoms with Crippen molar-refractivity contribution in [1.82, 2.24) is 10.2 Å². The van der Waals surface area contributed by atoms with E-state index >= 15 is 0 Å². The highest BCUT2D eigenvalue weighted by Crippen LogP contribution is 2.31. The summed E-state index contributed by atoms with van der Waals surface area (Å²) >= 11 is 0. The van der Waals surface area contributed by atoms with E-state index in [2.05, 4.69) is 5.32 Å². The average Bonchev–Trinajstić information content (AvgIpc) is 2.59. The van der Waals surface area contributed by atoms with Crippen molar-refractivity contribution in [2.24, 2.45) is 5.92 Å². The molecule has 1 aliphatic rings. The maximum absolute atomic E-state index is 12.9. The van der Waals surface area contributed by atoms with Crippen molar-refractivity contribution >= 4 is 17.4 Å². The van der Waals surface area contributed by atoms with Crippen molar-refractivity contribution in [3.8, 4) is 0 Å². The summed E-state index contributed by atoms with van der Waals surface area (Å²) in [6.45, 7) is 7.59. The summed E-state index contributed by atoms with van der Waals surface area (Å²) in [5, 5.41) is 2.76. The van der Waals surface area contributed by atoms with E-state index in [0.29, 0.717) is 31.9 Å². The summed E-state index contributed by atoms with van der Waals surface area (Å²) in [6, 6.07) is 4.79. The number of nitrogens with one attached hydrogen (secondary N) is 1. The Morgan fingerprint density at radius 3 is 2.30 bits per heavy atom. The Hall–Kier alpha value is -2.09.